The van der Waals surface area contributed by atoms with E-state index >= 15 is 0 Å². The highest BCUT2D eigenvalue weighted by atomic mass is 14.8. The zero-order chi connectivity index (χ0) is 12.2. The van der Waals surface area contributed by atoms with Crippen LogP contribution in [0.5, 0.6) is 0 Å². The van der Waals surface area contributed by atoms with Gasteiger partial charge in [-0.25, -0.2) is 9.97 Å². The van der Waals surface area contributed by atoms with Gasteiger partial charge in [0.15, 0.2) is 0 Å². The average molecular weight is 216 g/mol. The van der Waals surface area contributed by atoms with E-state index < -0.39 is 0 Å². The number of rotatable bonds is 2. The van der Waals surface area contributed by atoms with E-state index in [2.05, 4.69) is 62.8 Å². The van der Waals surface area contributed by atoms with Crippen LogP contribution in [0.15, 0.2) is 24.2 Å². The largest absolute Gasteiger partial charge is 0.244 e. The zero-order valence-corrected chi connectivity index (χ0v) is 10.8. The summed E-state index contributed by atoms with van der Waals surface area (Å²) in [5, 5.41) is 0. The lowest BCUT2D eigenvalue weighted by atomic mass is 9.95. The van der Waals surface area contributed by atoms with Crippen molar-refractivity contribution in [3.05, 3.63) is 35.4 Å². The quantitative estimate of drug-likeness (QED) is 0.747. The van der Waals surface area contributed by atoms with Crippen molar-refractivity contribution in [2.45, 2.75) is 34.6 Å². The third kappa shape index (κ3) is 4.39. The average Bonchev–Trinajstić information content (AvgIpc) is 2.14. The molecule has 0 atom stereocenters. The Morgan fingerprint density at radius 3 is 2.50 bits per heavy atom. The molecule has 0 saturated heterocycles. The highest BCUT2D eigenvalue weighted by Gasteiger charge is 2.05. The van der Waals surface area contributed by atoms with Crippen LogP contribution >= 0.6 is 0 Å². The Balaban J connectivity index is 3.05. The molecule has 16 heavy (non-hydrogen) atoms. The van der Waals surface area contributed by atoms with Crippen LogP contribution in [0.4, 0.5) is 0 Å². The fourth-order valence-electron chi connectivity index (χ4n) is 1.21. The molecule has 2 heteroatoms. The SMILES string of the molecule is CC(C)=Cc1ncncc1/C=C\C(C)(C)C. The van der Waals surface area contributed by atoms with Gasteiger partial charge in [-0.05, 0) is 25.3 Å². The fraction of sp³-hybridized carbons (Fsp3) is 0.429. The maximum atomic E-state index is 4.28. The molecule has 0 saturated carbocycles. The molecule has 1 aromatic rings. The van der Waals surface area contributed by atoms with Gasteiger partial charge in [0.1, 0.15) is 6.33 Å². The maximum Gasteiger partial charge on any atom is 0.116 e. The van der Waals surface area contributed by atoms with Crippen molar-refractivity contribution in [1.29, 1.82) is 0 Å². The van der Waals surface area contributed by atoms with Crippen LogP contribution in [0.2, 0.25) is 0 Å². The van der Waals surface area contributed by atoms with Gasteiger partial charge in [0.25, 0.3) is 0 Å². The summed E-state index contributed by atoms with van der Waals surface area (Å²) in [6, 6.07) is 0. The second-order valence-electron chi connectivity index (χ2n) is 5.28. The van der Waals surface area contributed by atoms with Crippen LogP contribution < -0.4 is 0 Å². The monoisotopic (exact) mass is 216 g/mol. The number of hydrogen-bond donors (Lipinski definition) is 0. The summed E-state index contributed by atoms with van der Waals surface area (Å²) in [5.41, 5.74) is 3.47. The van der Waals surface area contributed by atoms with Gasteiger partial charge in [0.05, 0.1) is 5.69 Å². The molecule has 0 N–H and O–H groups in total. The smallest absolute Gasteiger partial charge is 0.116 e. The van der Waals surface area contributed by atoms with E-state index in [9.17, 15) is 0 Å². The van der Waals surface area contributed by atoms with Crippen molar-refractivity contribution in [2.75, 3.05) is 0 Å². The highest BCUT2D eigenvalue weighted by Crippen LogP contribution is 2.18. The first-order valence-electron chi connectivity index (χ1n) is 5.52. The molecule has 1 heterocycles. The van der Waals surface area contributed by atoms with Crippen LogP contribution in [0, 0.1) is 5.41 Å². The summed E-state index contributed by atoms with van der Waals surface area (Å²) < 4.78 is 0. The number of hydrogen-bond acceptors (Lipinski definition) is 2. The Hall–Kier alpha value is -1.44. The molecule has 2 nitrogen and oxygen atoms in total. The van der Waals surface area contributed by atoms with Gasteiger partial charge in [-0.2, -0.15) is 0 Å². The predicted octanol–water partition coefficient (Wildman–Crippen LogP) is 3.96. The Bertz CT molecular complexity index is 405. The van der Waals surface area contributed by atoms with E-state index in [1.165, 1.54) is 5.57 Å². The summed E-state index contributed by atoms with van der Waals surface area (Å²) in [6.07, 6.45) is 9.78. The molecule has 0 aliphatic rings. The van der Waals surface area contributed by atoms with Crippen molar-refractivity contribution in [2.24, 2.45) is 5.41 Å². The summed E-state index contributed by atoms with van der Waals surface area (Å²) in [7, 11) is 0. The Morgan fingerprint density at radius 2 is 1.94 bits per heavy atom. The molecule has 0 unspecified atom stereocenters. The van der Waals surface area contributed by atoms with Gasteiger partial charge in [0, 0.05) is 11.8 Å². The molecule has 86 valence electrons. The van der Waals surface area contributed by atoms with E-state index in [0.717, 1.165) is 11.3 Å². The molecule has 0 radical (unpaired) electrons. The number of allylic oxidation sites excluding steroid dienone is 2. The molecule has 0 fully saturated rings. The van der Waals surface area contributed by atoms with Crippen molar-refractivity contribution in [3.8, 4) is 0 Å². The van der Waals surface area contributed by atoms with Crippen LogP contribution in [0.1, 0.15) is 45.9 Å². The molecule has 1 rings (SSSR count). The Kier molecular flexibility index (Phi) is 3.99. The first-order chi connectivity index (χ1) is 7.38. The minimum Gasteiger partial charge on any atom is -0.244 e. The summed E-state index contributed by atoms with van der Waals surface area (Å²) in [5.74, 6) is 0. The zero-order valence-electron chi connectivity index (χ0n) is 10.8. The van der Waals surface area contributed by atoms with Gasteiger partial charge in [0.2, 0.25) is 0 Å². The van der Waals surface area contributed by atoms with Crippen molar-refractivity contribution < 1.29 is 0 Å². The van der Waals surface area contributed by atoms with Gasteiger partial charge in [-0.15, -0.1) is 0 Å². The third-order valence-corrected chi connectivity index (χ3v) is 1.96. The van der Waals surface area contributed by atoms with Crippen molar-refractivity contribution in [1.82, 2.24) is 9.97 Å². The van der Waals surface area contributed by atoms with E-state index in [4.69, 9.17) is 0 Å². The lowest BCUT2D eigenvalue weighted by Crippen LogP contribution is -1.98. The molecular formula is C14H20N2. The fourth-order valence-corrected chi connectivity index (χ4v) is 1.21. The Morgan fingerprint density at radius 1 is 1.25 bits per heavy atom. The molecular weight excluding hydrogens is 196 g/mol. The summed E-state index contributed by atoms with van der Waals surface area (Å²) >= 11 is 0. The normalized spacial score (nSPS) is 11.8. The molecule has 0 aromatic carbocycles. The maximum absolute atomic E-state index is 4.28. The van der Waals surface area contributed by atoms with E-state index in [1.54, 1.807) is 6.33 Å². The minimum absolute atomic E-state index is 0.179. The van der Waals surface area contributed by atoms with Crippen molar-refractivity contribution in [3.63, 3.8) is 0 Å². The second kappa shape index (κ2) is 5.06. The molecule has 0 aliphatic heterocycles. The van der Waals surface area contributed by atoms with Crippen LogP contribution in [0.25, 0.3) is 12.2 Å². The molecule has 0 amide bonds. The third-order valence-electron chi connectivity index (χ3n) is 1.96. The van der Waals surface area contributed by atoms with Gasteiger partial charge in [-0.1, -0.05) is 38.5 Å². The topological polar surface area (TPSA) is 25.8 Å². The van der Waals surface area contributed by atoms with E-state index in [0.29, 0.717) is 0 Å². The van der Waals surface area contributed by atoms with Crippen molar-refractivity contribution >= 4 is 12.2 Å². The second-order valence-corrected chi connectivity index (χ2v) is 5.28. The van der Waals surface area contributed by atoms with E-state index in [1.807, 2.05) is 6.20 Å². The summed E-state index contributed by atoms with van der Waals surface area (Å²) in [6.45, 7) is 10.7. The first-order valence-corrected chi connectivity index (χ1v) is 5.52. The highest BCUT2D eigenvalue weighted by molar-refractivity contribution is 5.62. The first kappa shape index (κ1) is 12.6. The minimum atomic E-state index is 0.179. The van der Waals surface area contributed by atoms with E-state index in [-0.39, 0.29) is 5.41 Å². The van der Waals surface area contributed by atoms with Gasteiger partial charge >= 0.3 is 0 Å². The predicted molar refractivity (Wildman–Crippen MR) is 69.8 cm³/mol. The molecule has 0 spiro atoms. The van der Waals surface area contributed by atoms with Gasteiger partial charge in [-0.3, -0.25) is 0 Å². The van der Waals surface area contributed by atoms with Crippen LogP contribution in [0.3, 0.4) is 0 Å². The number of aromatic nitrogens is 2. The van der Waals surface area contributed by atoms with Crippen LogP contribution in [-0.2, 0) is 0 Å². The summed E-state index contributed by atoms with van der Waals surface area (Å²) in [4.78, 5) is 8.34. The lowest BCUT2D eigenvalue weighted by Gasteiger charge is -2.11. The molecule has 0 bridgehead atoms. The lowest BCUT2D eigenvalue weighted by molar-refractivity contribution is 0.547. The number of nitrogens with zero attached hydrogens (tertiary/aromatic N) is 2. The van der Waals surface area contributed by atoms with Crippen LogP contribution in [-0.4, -0.2) is 9.97 Å². The molecule has 1 aromatic heterocycles. The Labute approximate surface area is 98.1 Å². The standard InChI is InChI=1S/C14H20N2/c1-11(2)8-13-12(9-15-10-16-13)6-7-14(3,4)5/h6-10H,1-5H3/b7-6-. The molecule has 0 aliphatic carbocycles. The van der Waals surface area contributed by atoms with Gasteiger partial charge < -0.3 is 0 Å².